The van der Waals surface area contributed by atoms with Crippen LogP contribution in [0.1, 0.15) is 36.4 Å². The monoisotopic (exact) mass is 412 g/mol. The van der Waals surface area contributed by atoms with Crippen molar-refractivity contribution in [3.8, 4) is 0 Å². The van der Waals surface area contributed by atoms with Crippen LogP contribution in [0.25, 0.3) is 0 Å². The van der Waals surface area contributed by atoms with Gasteiger partial charge >= 0.3 is 12.2 Å². The number of benzene rings is 1. The number of likely N-dealkylation sites (tertiary alicyclic amines) is 1. The Morgan fingerprint density at radius 1 is 1.31 bits per heavy atom. The first-order valence-electron chi connectivity index (χ1n) is 9.73. The van der Waals surface area contributed by atoms with Crippen molar-refractivity contribution in [1.29, 1.82) is 0 Å². The van der Waals surface area contributed by atoms with E-state index >= 15 is 0 Å². The van der Waals surface area contributed by atoms with E-state index in [0.717, 1.165) is 25.0 Å². The molecule has 2 saturated heterocycles. The maximum Gasteiger partial charge on any atom is 0.416 e. The minimum absolute atomic E-state index is 0.0436. The number of piperidine rings is 1. The van der Waals surface area contributed by atoms with Crippen molar-refractivity contribution in [3.05, 3.63) is 35.4 Å². The van der Waals surface area contributed by atoms with E-state index in [9.17, 15) is 22.8 Å². The molecule has 1 aromatic rings. The first-order chi connectivity index (χ1) is 13.6. The molecule has 3 amide bonds. The van der Waals surface area contributed by atoms with Crippen molar-refractivity contribution in [2.45, 2.75) is 31.5 Å². The highest BCUT2D eigenvalue weighted by Crippen LogP contribution is 2.37. The molecule has 3 rings (SSSR count). The smallest absolute Gasteiger partial charge is 0.356 e. The summed E-state index contributed by atoms with van der Waals surface area (Å²) in [7, 11) is 3.54. The van der Waals surface area contributed by atoms with Crippen LogP contribution in [-0.2, 0) is 11.0 Å². The Labute approximate surface area is 168 Å². The van der Waals surface area contributed by atoms with Gasteiger partial charge in [-0.3, -0.25) is 4.79 Å². The summed E-state index contributed by atoms with van der Waals surface area (Å²) in [4.78, 5) is 27.6. The zero-order valence-corrected chi connectivity index (χ0v) is 16.7. The highest BCUT2D eigenvalue weighted by Gasteiger charge is 2.41. The van der Waals surface area contributed by atoms with Gasteiger partial charge in [0.2, 0.25) is 5.91 Å². The third-order valence-corrected chi connectivity index (χ3v) is 5.98. The Balaban J connectivity index is 1.58. The molecule has 1 spiro atoms. The van der Waals surface area contributed by atoms with Crippen molar-refractivity contribution in [2.24, 2.45) is 5.41 Å². The summed E-state index contributed by atoms with van der Waals surface area (Å²) < 4.78 is 39.1. The zero-order chi connectivity index (χ0) is 21.2. The molecular weight excluding hydrogens is 385 g/mol. The molecule has 0 aromatic heterocycles. The SMILES string of the molecule is CN(C)C(CNC(=O)N1CCC2(CC1)CNC(=O)C2)c1cccc(C(F)(F)F)c1. The number of carbonyl (C=O) groups excluding carboxylic acids is 2. The fourth-order valence-electron chi connectivity index (χ4n) is 4.11. The Hall–Kier alpha value is -2.29. The quantitative estimate of drug-likeness (QED) is 0.799. The first kappa shape index (κ1) is 21.4. The van der Waals surface area contributed by atoms with Crippen LogP contribution in [-0.4, -0.2) is 62.0 Å². The molecule has 9 heteroatoms. The molecule has 0 aliphatic carbocycles. The van der Waals surface area contributed by atoms with Crippen molar-refractivity contribution in [1.82, 2.24) is 20.4 Å². The Morgan fingerprint density at radius 3 is 2.55 bits per heavy atom. The Bertz CT molecular complexity index is 758. The molecule has 0 bridgehead atoms. The maximum atomic E-state index is 13.0. The zero-order valence-electron chi connectivity index (χ0n) is 16.7. The fraction of sp³-hybridized carbons (Fsp3) is 0.600. The summed E-state index contributed by atoms with van der Waals surface area (Å²) in [6.45, 7) is 2.00. The highest BCUT2D eigenvalue weighted by atomic mass is 19.4. The van der Waals surface area contributed by atoms with Gasteiger partial charge in [-0.15, -0.1) is 0 Å². The average molecular weight is 412 g/mol. The lowest BCUT2D eigenvalue weighted by atomic mass is 9.78. The second-order valence-electron chi connectivity index (χ2n) is 8.23. The molecule has 160 valence electrons. The lowest BCUT2D eigenvalue weighted by molar-refractivity contribution is -0.137. The largest absolute Gasteiger partial charge is 0.416 e. The summed E-state index contributed by atoms with van der Waals surface area (Å²) in [6, 6.07) is 4.59. The highest BCUT2D eigenvalue weighted by molar-refractivity contribution is 5.79. The van der Waals surface area contributed by atoms with Crippen LogP contribution in [0.3, 0.4) is 0 Å². The van der Waals surface area contributed by atoms with Gasteiger partial charge in [-0.05, 0) is 50.0 Å². The van der Waals surface area contributed by atoms with Gasteiger partial charge in [-0.25, -0.2) is 4.79 Å². The fourth-order valence-corrected chi connectivity index (χ4v) is 4.11. The molecule has 0 saturated carbocycles. The normalized spacial score (nSPS) is 20.1. The van der Waals surface area contributed by atoms with E-state index in [1.54, 1.807) is 30.0 Å². The van der Waals surface area contributed by atoms with Crippen molar-refractivity contribution >= 4 is 11.9 Å². The molecule has 1 unspecified atom stereocenters. The van der Waals surface area contributed by atoms with Crippen LogP contribution >= 0.6 is 0 Å². The average Bonchev–Trinajstić information content (AvgIpc) is 3.02. The van der Waals surface area contributed by atoms with Crippen LogP contribution in [0.2, 0.25) is 0 Å². The summed E-state index contributed by atoms with van der Waals surface area (Å²) in [5.74, 6) is 0.0674. The number of nitrogens with zero attached hydrogens (tertiary/aromatic N) is 2. The van der Waals surface area contributed by atoms with Gasteiger partial charge in [0, 0.05) is 32.6 Å². The topological polar surface area (TPSA) is 64.7 Å². The molecular formula is C20H27F3N4O2. The molecule has 0 radical (unpaired) electrons. The molecule has 2 fully saturated rings. The van der Waals surface area contributed by atoms with Crippen molar-refractivity contribution in [3.63, 3.8) is 0 Å². The molecule has 2 aliphatic rings. The van der Waals surface area contributed by atoms with E-state index in [0.29, 0.717) is 31.6 Å². The lowest BCUT2D eigenvalue weighted by Gasteiger charge is -2.38. The summed E-state index contributed by atoms with van der Waals surface area (Å²) in [6.07, 6.45) is -2.36. The molecule has 2 N–H and O–H groups in total. The van der Waals surface area contributed by atoms with E-state index in [1.807, 2.05) is 0 Å². The molecule has 6 nitrogen and oxygen atoms in total. The van der Waals surface area contributed by atoms with Gasteiger partial charge < -0.3 is 20.4 Å². The molecule has 2 aliphatic heterocycles. The number of carbonyl (C=O) groups is 2. The van der Waals surface area contributed by atoms with Gasteiger partial charge in [0.1, 0.15) is 0 Å². The Morgan fingerprint density at radius 2 is 2.00 bits per heavy atom. The van der Waals surface area contributed by atoms with Gasteiger partial charge in [0.25, 0.3) is 0 Å². The second kappa shape index (κ2) is 8.22. The first-order valence-corrected chi connectivity index (χ1v) is 9.73. The van der Waals surface area contributed by atoms with Crippen LogP contribution in [0, 0.1) is 5.41 Å². The standard InChI is InChI=1S/C20H27F3N4O2/c1-26(2)16(14-4-3-5-15(10-14)20(21,22)23)12-24-18(29)27-8-6-19(7-9-27)11-17(28)25-13-19/h3-5,10,16H,6-9,11-13H2,1-2H3,(H,24,29)(H,25,28). The number of alkyl halides is 3. The number of hydrogen-bond donors (Lipinski definition) is 2. The molecule has 1 aromatic carbocycles. The molecule has 2 heterocycles. The summed E-state index contributed by atoms with van der Waals surface area (Å²) in [5.41, 5.74) is -0.245. The van der Waals surface area contributed by atoms with Crippen molar-refractivity contribution < 1.29 is 22.8 Å². The van der Waals surface area contributed by atoms with E-state index < -0.39 is 11.7 Å². The minimum atomic E-state index is -4.41. The number of rotatable bonds is 4. The molecule has 29 heavy (non-hydrogen) atoms. The minimum Gasteiger partial charge on any atom is -0.356 e. The van der Waals surface area contributed by atoms with Gasteiger partial charge in [0.05, 0.1) is 11.6 Å². The number of nitrogens with one attached hydrogen (secondary N) is 2. The van der Waals surface area contributed by atoms with Crippen molar-refractivity contribution in [2.75, 3.05) is 40.3 Å². The number of halogens is 3. The van der Waals surface area contributed by atoms with Gasteiger partial charge in [0.15, 0.2) is 0 Å². The van der Waals surface area contributed by atoms with Gasteiger partial charge in [-0.1, -0.05) is 12.1 Å². The predicted octanol–water partition coefficient (Wildman–Crippen LogP) is 2.62. The van der Waals surface area contributed by atoms with Crippen LogP contribution in [0.15, 0.2) is 24.3 Å². The van der Waals surface area contributed by atoms with Crippen LogP contribution in [0.4, 0.5) is 18.0 Å². The van der Waals surface area contributed by atoms with E-state index in [-0.39, 0.29) is 29.9 Å². The number of hydrogen-bond acceptors (Lipinski definition) is 3. The lowest BCUT2D eigenvalue weighted by Crippen LogP contribution is -2.49. The second-order valence-corrected chi connectivity index (χ2v) is 8.23. The number of urea groups is 1. The van der Waals surface area contributed by atoms with Gasteiger partial charge in [-0.2, -0.15) is 13.2 Å². The van der Waals surface area contributed by atoms with E-state index in [2.05, 4.69) is 10.6 Å². The van der Waals surface area contributed by atoms with Crippen LogP contribution in [0.5, 0.6) is 0 Å². The van der Waals surface area contributed by atoms with E-state index in [4.69, 9.17) is 0 Å². The predicted molar refractivity (Wildman–Crippen MR) is 102 cm³/mol. The van der Waals surface area contributed by atoms with Crippen LogP contribution < -0.4 is 10.6 Å². The maximum absolute atomic E-state index is 13.0. The summed E-state index contributed by atoms with van der Waals surface area (Å²) in [5, 5.41) is 5.73. The van der Waals surface area contributed by atoms with E-state index in [1.165, 1.54) is 6.07 Å². The summed E-state index contributed by atoms with van der Waals surface area (Å²) >= 11 is 0. The number of likely N-dealkylation sites (N-methyl/N-ethyl adjacent to an activating group) is 1. The Kier molecular flexibility index (Phi) is 6.07. The molecule has 1 atom stereocenters. The third kappa shape index (κ3) is 5.01. The number of amides is 3. The third-order valence-electron chi connectivity index (χ3n) is 5.98.